The van der Waals surface area contributed by atoms with E-state index in [4.69, 9.17) is 4.74 Å². The third kappa shape index (κ3) is 3.47. The number of benzene rings is 1. The van der Waals surface area contributed by atoms with Crippen molar-refractivity contribution < 1.29 is 18.3 Å². The van der Waals surface area contributed by atoms with Crippen molar-refractivity contribution in [2.75, 3.05) is 26.2 Å². The van der Waals surface area contributed by atoms with E-state index in [0.717, 1.165) is 10.0 Å². The van der Waals surface area contributed by atoms with Gasteiger partial charge in [-0.2, -0.15) is 0 Å². The molecule has 2 unspecified atom stereocenters. The van der Waals surface area contributed by atoms with Crippen LogP contribution in [-0.4, -0.2) is 49.0 Å². The van der Waals surface area contributed by atoms with Crippen molar-refractivity contribution in [1.29, 1.82) is 0 Å². The Morgan fingerprint density at radius 1 is 1.45 bits per heavy atom. The predicted octanol–water partition coefficient (Wildman–Crippen LogP) is 2.35. The number of carbonyl (C=O) groups excluding carboxylic acids is 1. The first kappa shape index (κ1) is 15.8. The van der Waals surface area contributed by atoms with Crippen LogP contribution in [0.1, 0.15) is 18.1 Å². The molecule has 1 aromatic carbocycles. The Bertz CT molecular complexity index is 570. The molecule has 1 N–H and O–H groups in total. The van der Waals surface area contributed by atoms with Gasteiger partial charge in [-0.1, -0.05) is 28.1 Å². The average Bonchev–Trinajstić information content (AvgIpc) is 2.87. The molecule has 2 aliphatic heterocycles. The molecule has 0 aliphatic carbocycles. The van der Waals surface area contributed by atoms with Gasteiger partial charge in [-0.3, -0.25) is 10.1 Å². The summed E-state index contributed by atoms with van der Waals surface area (Å²) in [6.45, 7) is 0.807. The van der Waals surface area contributed by atoms with Gasteiger partial charge in [0.15, 0.2) is 0 Å². The Hall–Kier alpha value is -1.05. The third-order valence-electron chi connectivity index (χ3n) is 4.01. The monoisotopic (exact) mass is 374 g/mol. The topological polar surface area (TPSA) is 41.6 Å². The zero-order chi connectivity index (χ0) is 15.7. The van der Waals surface area contributed by atoms with Gasteiger partial charge in [-0.25, -0.2) is 8.78 Å². The van der Waals surface area contributed by atoms with Crippen molar-refractivity contribution in [2.24, 2.45) is 0 Å². The van der Waals surface area contributed by atoms with Crippen LogP contribution in [-0.2, 0) is 9.53 Å². The van der Waals surface area contributed by atoms with E-state index in [-0.39, 0.29) is 12.0 Å². The molecule has 2 fully saturated rings. The van der Waals surface area contributed by atoms with Gasteiger partial charge < -0.3 is 9.64 Å². The van der Waals surface area contributed by atoms with Gasteiger partial charge in [0.05, 0.1) is 25.7 Å². The summed E-state index contributed by atoms with van der Waals surface area (Å²) in [4.78, 5) is 14.0. The summed E-state index contributed by atoms with van der Waals surface area (Å²) in [6.07, 6.45) is -0.651. The highest BCUT2D eigenvalue weighted by molar-refractivity contribution is 9.10. The first-order valence-electron chi connectivity index (χ1n) is 7.22. The first-order valence-corrected chi connectivity index (χ1v) is 8.01. The van der Waals surface area contributed by atoms with E-state index >= 15 is 0 Å². The summed E-state index contributed by atoms with van der Waals surface area (Å²) < 4.78 is 33.1. The number of halogens is 3. The maximum absolute atomic E-state index is 13.2. The molecule has 3 rings (SSSR count). The van der Waals surface area contributed by atoms with Gasteiger partial charge >= 0.3 is 0 Å². The molecule has 2 heterocycles. The van der Waals surface area contributed by atoms with E-state index < -0.39 is 24.9 Å². The molecule has 4 nitrogen and oxygen atoms in total. The second kappa shape index (κ2) is 6.22. The number of amides is 1. The molecule has 120 valence electrons. The number of ether oxygens (including phenoxy) is 1. The number of morpholine rings is 1. The summed E-state index contributed by atoms with van der Waals surface area (Å²) in [5, 5.41) is 2.62. The van der Waals surface area contributed by atoms with Gasteiger partial charge in [0.1, 0.15) is 6.10 Å². The van der Waals surface area contributed by atoms with Crippen molar-refractivity contribution in [3.8, 4) is 0 Å². The Kier molecular flexibility index (Phi) is 4.47. The quantitative estimate of drug-likeness (QED) is 0.863. The van der Waals surface area contributed by atoms with Gasteiger partial charge in [0.2, 0.25) is 5.91 Å². The van der Waals surface area contributed by atoms with Crippen LogP contribution in [0.5, 0.6) is 0 Å². The van der Waals surface area contributed by atoms with Gasteiger partial charge in [-0.05, 0) is 17.7 Å². The molecule has 1 aromatic rings. The Balaban J connectivity index is 1.67. The fourth-order valence-corrected chi connectivity index (χ4v) is 3.29. The standard InChI is InChI=1S/C15H17BrF2N2O2/c16-11-3-1-2-10(6-11)13-8-20(4-5-22-13)14(21)12-7-15(17,18)9-19-12/h1-3,6,12-13,19H,4-5,7-9H2. The molecule has 0 saturated carbocycles. The molecule has 0 aromatic heterocycles. The minimum atomic E-state index is -2.80. The Morgan fingerprint density at radius 2 is 2.27 bits per heavy atom. The highest BCUT2D eigenvalue weighted by atomic mass is 79.9. The molecule has 2 saturated heterocycles. The lowest BCUT2D eigenvalue weighted by Gasteiger charge is -2.34. The molecule has 0 radical (unpaired) electrons. The average molecular weight is 375 g/mol. The second-order valence-corrected chi connectivity index (χ2v) is 6.61. The van der Waals surface area contributed by atoms with Gasteiger partial charge in [-0.15, -0.1) is 0 Å². The van der Waals surface area contributed by atoms with E-state index in [1.54, 1.807) is 4.90 Å². The highest BCUT2D eigenvalue weighted by Crippen LogP contribution is 2.28. The summed E-state index contributed by atoms with van der Waals surface area (Å²) >= 11 is 3.41. The minimum absolute atomic E-state index is 0.225. The highest BCUT2D eigenvalue weighted by Gasteiger charge is 2.44. The second-order valence-electron chi connectivity index (χ2n) is 5.69. The largest absolute Gasteiger partial charge is 0.370 e. The molecule has 2 aliphatic rings. The number of nitrogens with one attached hydrogen (secondary N) is 1. The van der Waals surface area contributed by atoms with E-state index in [2.05, 4.69) is 21.2 Å². The number of alkyl halides is 2. The lowest BCUT2D eigenvalue weighted by atomic mass is 10.1. The van der Waals surface area contributed by atoms with E-state index in [9.17, 15) is 13.6 Å². The normalized spacial score (nSPS) is 27.9. The maximum Gasteiger partial charge on any atom is 0.262 e. The zero-order valence-corrected chi connectivity index (χ0v) is 13.5. The maximum atomic E-state index is 13.2. The van der Waals surface area contributed by atoms with Crippen molar-refractivity contribution >= 4 is 21.8 Å². The number of rotatable bonds is 2. The smallest absolute Gasteiger partial charge is 0.262 e. The molecule has 22 heavy (non-hydrogen) atoms. The summed E-state index contributed by atoms with van der Waals surface area (Å²) in [5.41, 5.74) is 0.969. The Morgan fingerprint density at radius 3 is 2.95 bits per heavy atom. The van der Waals surface area contributed by atoms with Crippen LogP contribution in [0.2, 0.25) is 0 Å². The van der Waals surface area contributed by atoms with Crippen LogP contribution in [0.15, 0.2) is 28.7 Å². The van der Waals surface area contributed by atoms with Crippen molar-refractivity contribution in [3.05, 3.63) is 34.3 Å². The van der Waals surface area contributed by atoms with Crippen molar-refractivity contribution in [2.45, 2.75) is 24.5 Å². The van der Waals surface area contributed by atoms with E-state index in [1.807, 2.05) is 24.3 Å². The Labute approximate surface area is 135 Å². The van der Waals surface area contributed by atoms with Crippen LogP contribution >= 0.6 is 15.9 Å². The van der Waals surface area contributed by atoms with Crippen LogP contribution < -0.4 is 5.32 Å². The van der Waals surface area contributed by atoms with Gasteiger partial charge in [0.25, 0.3) is 5.92 Å². The number of hydrogen-bond acceptors (Lipinski definition) is 3. The summed E-state index contributed by atoms with van der Waals surface area (Å²) in [5.74, 6) is -3.06. The lowest BCUT2D eigenvalue weighted by molar-refractivity contribution is -0.141. The van der Waals surface area contributed by atoms with Crippen LogP contribution in [0, 0.1) is 0 Å². The number of nitrogens with zero attached hydrogens (tertiary/aromatic N) is 1. The molecule has 2 atom stereocenters. The number of hydrogen-bond donors (Lipinski definition) is 1. The molecular weight excluding hydrogens is 358 g/mol. The third-order valence-corrected chi connectivity index (χ3v) is 4.50. The van der Waals surface area contributed by atoms with E-state index in [0.29, 0.717) is 19.7 Å². The van der Waals surface area contributed by atoms with Crippen LogP contribution in [0.3, 0.4) is 0 Å². The summed E-state index contributed by atoms with van der Waals surface area (Å²) in [7, 11) is 0. The van der Waals surface area contributed by atoms with Gasteiger partial charge in [0, 0.05) is 17.4 Å². The van der Waals surface area contributed by atoms with Crippen LogP contribution in [0.25, 0.3) is 0 Å². The van der Waals surface area contributed by atoms with Crippen LogP contribution in [0.4, 0.5) is 8.78 Å². The molecular formula is C15H17BrF2N2O2. The molecule has 0 spiro atoms. The molecule has 1 amide bonds. The van der Waals surface area contributed by atoms with Crippen molar-refractivity contribution in [3.63, 3.8) is 0 Å². The minimum Gasteiger partial charge on any atom is -0.370 e. The zero-order valence-electron chi connectivity index (χ0n) is 11.9. The number of carbonyl (C=O) groups is 1. The fraction of sp³-hybridized carbons (Fsp3) is 0.533. The first-order chi connectivity index (χ1) is 10.4. The lowest BCUT2D eigenvalue weighted by Crippen LogP contribution is -2.49. The summed E-state index contributed by atoms with van der Waals surface area (Å²) in [6, 6.07) is 6.91. The van der Waals surface area contributed by atoms with E-state index in [1.165, 1.54) is 0 Å². The van der Waals surface area contributed by atoms with Crippen molar-refractivity contribution in [1.82, 2.24) is 10.2 Å². The molecule has 0 bridgehead atoms. The fourth-order valence-electron chi connectivity index (χ4n) is 2.87. The molecule has 7 heteroatoms. The SMILES string of the molecule is O=C(C1CC(F)(F)CN1)N1CCOC(c2cccc(Br)c2)C1. The predicted molar refractivity (Wildman–Crippen MR) is 80.8 cm³/mol.